The van der Waals surface area contributed by atoms with Gasteiger partial charge in [0.25, 0.3) is 0 Å². The van der Waals surface area contributed by atoms with E-state index >= 15 is 0 Å². The molecular formula is C22H36KN5O2. The molecule has 0 amide bonds. The Morgan fingerprint density at radius 3 is 1.47 bits per heavy atom. The number of hydrogen-bond acceptors (Lipinski definition) is 5. The fourth-order valence-corrected chi connectivity index (χ4v) is 3.33. The van der Waals surface area contributed by atoms with Gasteiger partial charge in [0.2, 0.25) is 0 Å². The first-order chi connectivity index (χ1) is 13.5. The number of rotatable bonds is 10. The Bertz CT molecular complexity index is 763. The van der Waals surface area contributed by atoms with Crippen molar-refractivity contribution in [2.45, 2.75) is 92.4 Å². The van der Waals surface area contributed by atoms with E-state index in [1.807, 2.05) is 14.3 Å². The fourth-order valence-electron chi connectivity index (χ4n) is 3.33. The molecule has 0 radical (unpaired) electrons. The molecule has 0 saturated heterocycles. The zero-order valence-corrected chi connectivity index (χ0v) is 23.3. The quantitative estimate of drug-likeness (QED) is 0.494. The van der Waals surface area contributed by atoms with Crippen LogP contribution < -0.4 is 56.5 Å². The number of aromatic nitrogens is 4. The Hall–Kier alpha value is -0.514. The van der Waals surface area contributed by atoms with Crippen LogP contribution in [-0.4, -0.2) is 37.0 Å². The first-order valence-corrected chi connectivity index (χ1v) is 10.6. The first-order valence-electron chi connectivity index (χ1n) is 10.6. The van der Waals surface area contributed by atoms with Gasteiger partial charge in [0, 0.05) is 17.9 Å². The molecule has 8 heteroatoms. The van der Waals surface area contributed by atoms with Gasteiger partial charge in [-0.1, -0.05) is 55.4 Å². The van der Waals surface area contributed by atoms with E-state index in [2.05, 4.69) is 67.5 Å². The second kappa shape index (κ2) is 11.9. The summed E-state index contributed by atoms with van der Waals surface area (Å²) in [7, 11) is 0. The number of carbonyl (C=O) groups is 1. The third-order valence-electron chi connectivity index (χ3n) is 5.05. The molecule has 0 bridgehead atoms. The van der Waals surface area contributed by atoms with Crippen molar-refractivity contribution in [3.05, 3.63) is 34.9 Å². The van der Waals surface area contributed by atoms with Crippen LogP contribution in [0.2, 0.25) is 0 Å². The molecule has 0 spiro atoms. The molecule has 0 saturated carbocycles. The number of hydrogen-bond donors (Lipinski definition) is 0. The van der Waals surface area contributed by atoms with Crippen LogP contribution in [0.4, 0.5) is 0 Å². The van der Waals surface area contributed by atoms with Crippen LogP contribution in [0.25, 0.3) is 0 Å². The number of nitrogens with zero attached hydrogens (tertiary/aromatic N) is 5. The van der Waals surface area contributed by atoms with Gasteiger partial charge in [0.1, 0.15) is 0 Å². The van der Waals surface area contributed by atoms with Crippen molar-refractivity contribution in [1.29, 1.82) is 0 Å². The molecule has 0 aliphatic rings. The topological polar surface area (TPSA) is 79.0 Å². The van der Waals surface area contributed by atoms with Crippen LogP contribution in [0.15, 0.2) is 12.1 Å². The van der Waals surface area contributed by atoms with E-state index in [-0.39, 0.29) is 57.9 Å². The summed E-state index contributed by atoms with van der Waals surface area (Å²) in [6.07, 6.45) is 0. The van der Waals surface area contributed by atoms with E-state index < -0.39 is 5.97 Å². The second-order valence-corrected chi connectivity index (χ2v) is 9.09. The SMILES string of the molecule is CC(C)c1cc(C(C)C)n(CN(CC(=O)[O-])Cn2nc(C(C)C)cc2C(C)C)n1.[K+]. The summed E-state index contributed by atoms with van der Waals surface area (Å²) in [6.45, 7) is 17.5. The normalized spacial score (nSPS) is 11.9. The van der Waals surface area contributed by atoms with Gasteiger partial charge >= 0.3 is 51.4 Å². The van der Waals surface area contributed by atoms with Gasteiger partial charge in [-0.25, -0.2) is 0 Å². The van der Waals surface area contributed by atoms with Crippen LogP contribution in [0, 0.1) is 0 Å². The maximum Gasteiger partial charge on any atom is 1.00 e. The summed E-state index contributed by atoms with van der Waals surface area (Å²) in [5.74, 6) is 0.118. The number of carboxylic acids is 1. The smallest absolute Gasteiger partial charge is 0.549 e. The summed E-state index contributed by atoms with van der Waals surface area (Å²) < 4.78 is 3.84. The van der Waals surface area contributed by atoms with E-state index in [4.69, 9.17) is 10.2 Å². The molecule has 2 aromatic rings. The molecule has 0 aliphatic heterocycles. The standard InChI is InChI=1S/C22H37N5O2.K/c1-14(2)18-9-20(16(5)6)26(23-18)12-25(11-22(28)29)13-27-21(17(7)8)10-19(24-27)15(3)4;/h9-10,14-17H,11-13H2,1-8H3,(H,28,29);/q;+1/p-1. The van der Waals surface area contributed by atoms with Crippen molar-refractivity contribution in [3.8, 4) is 0 Å². The average molecular weight is 442 g/mol. The Labute approximate surface area is 223 Å². The monoisotopic (exact) mass is 441 g/mol. The van der Waals surface area contributed by atoms with Crippen LogP contribution >= 0.6 is 0 Å². The fraction of sp³-hybridized carbons (Fsp3) is 0.682. The molecule has 2 rings (SSSR count). The summed E-state index contributed by atoms with van der Waals surface area (Å²) >= 11 is 0. The predicted molar refractivity (Wildman–Crippen MR) is 113 cm³/mol. The first kappa shape index (κ1) is 27.5. The van der Waals surface area contributed by atoms with Crippen molar-refractivity contribution in [2.24, 2.45) is 0 Å². The molecule has 0 aromatic carbocycles. The molecular weight excluding hydrogens is 405 g/mol. The maximum absolute atomic E-state index is 11.4. The van der Waals surface area contributed by atoms with Crippen molar-refractivity contribution < 1.29 is 61.3 Å². The molecule has 7 nitrogen and oxygen atoms in total. The van der Waals surface area contributed by atoms with E-state index in [0.717, 1.165) is 22.8 Å². The van der Waals surface area contributed by atoms with Crippen LogP contribution in [0.3, 0.4) is 0 Å². The van der Waals surface area contributed by atoms with Gasteiger partial charge < -0.3 is 9.90 Å². The summed E-state index contributed by atoms with van der Waals surface area (Å²) in [5.41, 5.74) is 4.24. The molecule has 0 atom stereocenters. The van der Waals surface area contributed by atoms with Crippen molar-refractivity contribution >= 4 is 5.97 Å². The van der Waals surface area contributed by atoms with E-state index in [1.54, 1.807) is 0 Å². The minimum Gasteiger partial charge on any atom is -0.549 e. The second-order valence-electron chi connectivity index (χ2n) is 9.09. The number of aliphatic carboxylic acids is 1. The van der Waals surface area contributed by atoms with Gasteiger partial charge in [-0.2, -0.15) is 10.2 Å². The predicted octanol–water partition coefficient (Wildman–Crippen LogP) is 0.244. The Morgan fingerprint density at radius 2 is 1.20 bits per heavy atom. The molecule has 2 heterocycles. The van der Waals surface area contributed by atoms with Gasteiger partial charge in [0.15, 0.2) is 0 Å². The Kier molecular flexibility index (Phi) is 10.9. The third-order valence-corrected chi connectivity index (χ3v) is 5.05. The zero-order valence-electron chi connectivity index (χ0n) is 20.1. The van der Waals surface area contributed by atoms with Gasteiger partial charge in [0.05, 0.1) is 30.7 Å². The molecule has 0 unspecified atom stereocenters. The van der Waals surface area contributed by atoms with E-state index in [1.165, 1.54) is 0 Å². The Morgan fingerprint density at radius 1 is 0.833 bits per heavy atom. The van der Waals surface area contributed by atoms with Crippen molar-refractivity contribution in [1.82, 2.24) is 24.5 Å². The van der Waals surface area contributed by atoms with Gasteiger partial charge in [-0.15, -0.1) is 0 Å². The summed E-state index contributed by atoms with van der Waals surface area (Å²) in [4.78, 5) is 13.3. The van der Waals surface area contributed by atoms with Gasteiger partial charge in [-0.05, 0) is 35.8 Å². The third kappa shape index (κ3) is 7.27. The van der Waals surface area contributed by atoms with Gasteiger partial charge in [-0.3, -0.25) is 14.3 Å². The molecule has 30 heavy (non-hydrogen) atoms. The van der Waals surface area contributed by atoms with Crippen LogP contribution in [-0.2, 0) is 18.1 Å². The Balaban J connectivity index is 0.00000450. The molecule has 162 valence electrons. The van der Waals surface area contributed by atoms with E-state index in [0.29, 0.717) is 37.0 Å². The molecule has 0 aliphatic carbocycles. The molecule has 2 aromatic heterocycles. The largest absolute Gasteiger partial charge is 1.00 e. The molecule has 0 N–H and O–H groups in total. The number of carboxylic acid groups (broad SMARTS) is 1. The number of carbonyl (C=O) groups excluding carboxylic acids is 1. The van der Waals surface area contributed by atoms with Crippen LogP contribution in [0.5, 0.6) is 0 Å². The molecule has 0 fully saturated rings. The minimum atomic E-state index is -1.10. The van der Waals surface area contributed by atoms with Crippen LogP contribution in [0.1, 0.15) is 102 Å². The maximum atomic E-state index is 11.4. The minimum absolute atomic E-state index is 0. The average Bonchev–Trinajstić information content (AvgIpc) is 3.18. The van der Waals surface area contributed by atoms with E-state index in [9.17, 15) is 9.90 Å². The summed E-state index contributed by atoms with van der Waals surface area (Å²) in [6, 6.07) is 4.24. The zero-order chi connectivity index (χ0) is 21.9. The van der Waals surface area contributed by atoms with Crippen molar-refractivity contribution in [2.75, 3.05) is 6.54 Å². The van der Waals surface area contributed by atoms with Crippen molar-refractivity contribution in [3.63, 3.8) is 0 Å². The summed E-state index contributed by atoms with van der Waals surface area (Å²) in [5, 5.41) is 20.9.